The van der Waals surface area contributed by atoms with E-state index in [-0.39, 0.29) is 0 Å². The quantitative estimate of drug-likeness (QED) is 0.911. The molecule has 4 heteroatoms. The van der Waals surface area contributed by atoms with Gasteiger partial charge in [-0.1, -0.05) is 24.6 Å². The maximum absolute atomic E-state index is 9.13. The number of halogens is 1. The molecule has 3 nitrogen and oxygen atoms in total. The van der Waals surface area contributed by atoms with E-state index in [4.69, 9.17) is 16.9 Å². The number of rotatable bonds is 3. The zero-order chi connectivity index (χ0) is 13.0. The number of likely N-dealkylation sites (tertiary alicyclic amines) is 1. The van der Waals surface area contributed by atoms with E-state index in [0.717, 1.165) is 38.2 Å². The molecule has 1 fully saturated rings. The number of benzene rings is 1. The molecule has 1 saturated heterocycles. The van der Waals surface area contributed by atoms with E-state index in [0.29, 0.717) is 16.6 Å². The lowest BCUT2D eigenvalue weighted by molar-refractivity contribution is 0.229. The number of nitrogens with zero attached hydrogens (tertiary/aromatic N) is 2. The van der Waals surface area contributed by atoms with Gasteiger partial charge in [-0.25, -0.2) is 0 Å². The molecule has 1 heterocycles. The normalized spacial score (nSPS) is 17.4. The van der Waals surface area contributed by atoms with Crippen molar-refractivity contribution in [3.05, 3.63) is 28.8 Å². The maximum atomic E-state index is 9.13. The summed E-state index contributed by atoms with van der Waals surface area (Å²) in [5.41, 5.74) is 1.41. The zero-order valence-electron chi connectivity index (χ0n) is 10.6. The number of piperidine rings is 1. The summed E-state index contributed by atoms with van der Waals surface area (Å²) in [6.07, 6.45) is 2.23. The first kappa shape index (κ1) is 13.2. The van der Waals surface area contributed by atoms with Crippen LogP contribution in [-0.2, 0) is 0 Å². The highest BCUT2D eigenvalue weighted by atomic mass is 35.5. The summed E-state index contributed by atoms with van der Waals surface area (Å²) in [7, 11) is 0. The van der Waals surface area contributed by atoms with Crippen LogP contribution in [0.25, 0.3) is 0 Å². The minimum absolute atomic E-state index is 0.443. The van der Waals surface area contributed by atoms with Gasteiger partial charge in [-0.15, -0.1) is 0 Å². The van der Waals surface area contributed by atoms with E-state index in [2.05, 4.69) is 23.2 Å². The van der Waals surface area contributed by atoms with Gasteiger partial charge in [-0.05, 0) is 31.5 Å². The molecule has 0 atom stereocenters. The van der Waals surface area contributed by atoms with E-state index in [1.165, 1.54) is 0 Å². The molecule has 18 heavy (non-hydrogen) atoms. The van der Waals surface area contributed by atoms with Crippen molar-refractivity contribution in [2.45, 2.75) is 25.8 Å². The van der Waals surface area contributed by atoms with Crippen molar-refractivity contribution >= 4 is 17.3 Å². The lowest BCUT2D eigenvalue weighted by atomic mass is 10.0. The van der Waals surface area contributed by atoms with Gasteiger partial charge in [0, 0.05) is 19.1 Å². The molecule has 96 valence electrons. The highest BCUT2D eigenvalue weighted by Gasteiger charge is 2.19. The van der Waals surface area contributed by atoms with Crippen LogP contribution in [0.5, 0.6) is 0 Å². The monoisotopic (exact) mass is 263 g/mol. The third-order valence-electron chi connectivity index (χ3n) is 3.52. The molecule has 1 N–H and O–H groups in total. The summed E-state index contributed by atoms with van der Waals surface area (Å²) in [4.78, 5) is 2.45. The zero-order valence-corrected chi connectivity index (χ0v) is 11.4. The number of nitriles is 1. The van der Waals surface area contributed by atoms with Crippen molar-refractivity contribution in [1.29, 1.82) is 5.26 Å². The summed E-state index contributed by atoms with van der Waals surface area (Å²) in [6, 6.07) is 8.18. The minimum Gasteiger partial charge on any atom is -0.381 e. The van der Waals surface area contributed by atoms with Crippen LogP contribution in [0, 0.1) is 11.3 Å². The van der Waals surface area contributed by atoms with Gasteiger partial charge >= 0.3 is 0 Å². The van der Waals surface area contributed by atoms with Gasteiger partial charge in [0.15, 0.2) is 0 Å². The maximum Gasteiger partial charge on any atom is 0.103 e. The number of nitrogens with one attached hydrogen (secondary N) is 1. The van der Waals surface area contributed by atoms with Crippen molar-refractivity contribution in [2.24, 2.45) is 0 Å². The highest BCUT2D eigenvalue weighted by Crippen LogP contribution is 2.25. The second-order valence-electron chi connectivity index (χ2n) is 4.63. The van der Waals surface area contributed by atoms with Crippen LogP contribution in [-0.4, -0.2) is 30.6 Å². The van der Waals surface area contributed by atoms with Crippen LogP contribution >= 0.6 is 11.6 Å². The predicted molar refractivity (Wildman–Crippen MR) is 74.9 cm³/mol. The van der Waals surface area contributed by atoms with Crippen LogP contribution in [0.15, 0.2) is 18.2 Å². The summed E-state index contributed by atoms with van der Waals surface area (Å²) in [5.74, 6) is 0. The number of hydrogen-bond donors (Lipinski definition) is 1. The molecule has 0 bridgehead atoms. The van der Waals surface area contributed by atoms with Gasteiger partial charge in [0.2, 0.25) is 0 Å². The standard InChI is InChI=1S/C14H18ClN3/c1-2-18-8-6-11(7-9-18)17-14-5-3-4-13(15)12(14)10-16/h3-5,11,17H,2,6-9H2,1H3. The molecule has 0 radical (unpaired) electrons. The molecule has 0 spiro atoms. The second kappa shape index (κ2) is 6.08. The molecule has 0 aliphatic carbocycles. The highest BCUT2D eigenvalue weighted by molar-refractivity contribution is 6.32. The van der Waals surface area contributed by atoms with Gasteiger partial charge in [-0.3, -0.25) is 0 Å². The predicted octanol–water partition coefficient (Wildman–Crippen LogP) is 3.11. The third-order valence-corrected chi connectivity index (χ3v) is 3.83. The van der Waals surface area contributed by atoms with Gasteiger partial charge in [0.25, 0.3) is 0 Å². The molecule has 2 rings (SSSR count). The lowest BCUT2D eigenvalue weighted by Crippen LogP contribution is -2.38. The number of hydrogen-bond acceptors (Lipinski definition) is 3. The fraction of sp³-hybridized carbons (Fsp3) is 0.500. The second-order valence-corrected chi connectivity index (χ2v) is 5.03. The Morgan fingerprint density at radius 3 is 2.78 bits per heavy atom. The van der Waals surface area contributed by atoms with Crippen LogP contribution in [0.1, 0.15) is 25.3 Å². The van der Waals surface area contributed by atoms with Crippen molar-refractivity contribution < 1.29 is 0 Å². The van der Waals surface area contributed by atoms with Crippen LogP contribution < -0.4 is 5.32 Å². The number of anilines is 1. The molecule has 0 saturated carbocycles. The van der Waals surface area contributed by atoms with Crippen molar-refractivity contribution in [2.75, 3.05) is 25.0 Å². The molecule has 1 aromatic carbocycles. The summed E-state index contributed by atoms with van der Waals surface area (Å²) >= 11 is 6.02. The third kappa shape index (κ3) is 2.95. The summed E-state index contributed by atoms with van der Waals surface area (Å²) in [6.45, 7) is 5.55. The lowest BCUT2D eigenvalue weighted by Gasteiger charge is -2.32. The average Bonchev–Trinajstić information content (AvgIpc) is 2.40. The Morgan fingerprint density at radius 2 is 2.17 bits per heavy atom. The van der Waals surface area contributed by atoms with Gasteiger partial charge in [0.1, 0.15) is 6.07 Å². The first-order valence-electron chi connectivity index (χ1n) is 6.42. The Morgan fingerprint density at radius 1 is 1.44 bits per heavy atom. The molecule has 1 aliphatic heterocycles. The van der Waals surface area contributed by atoms with Crippen molar-refractivity contribution in [1.82, 2.24) is 4.90 Å². The average molecular weight is 264 g/mol. The van der Waals surface area contributed by atoms with Crippen LogP contribution in [0.4, 0.5) is 5.69 Å². The smallest absolute Gasteiger partial charge is 0.103 e. The van der Waals surface area contributed by atoms with E-state index < -0.39 is 0 Å². The van der Waals surface area contributed by atoms with E-state index in [9.17, 15) is 0 Å². The molecule has 1 aliphatic rings. The summed E-state index contributed by atoms with van der Waals surface area (Å²) < 4.78 is 0. The molecular formula is C14H18ClN3. The fourth-order valence-corrected chi connectivity index (χ4v) is 2.59. The van der Waals surface area contributed by atoms with Crippen LogP contribution in [0.2, 0.25) is 5.02 Å². The largest absolute Gasteiger partial charge is 0.381 e. The Balaban J connectivity index is 2.03. The Kier molecular flexibility index (Phi) is 4.46. The fourth-order valence-electron chi connectivity index (χ4n) is 2.37. The Hall–Kier alpha value is -1.24. The van der Waals surface area contributed by atoms with Crippen molar-refractivity contribution in [3.8, 4) is 6.07 Å². The SMILES string of the molecule is CCN1CCC(Nc2cccc(Cl)c2C#N)CC1. The van der Waals surface area contributed by atoms with Gasteiger partial charge in [0.05, 0.1) is 16.3 Å². The first-order valence-corrected chi connectivity index (χ1v) is 6.80. The van der Waals surface area contributed by atoms with E-state index >= 15 is 0 Å². The van der Waals surface area contributed by atoms with E-state index in [1.807, 2.05) is 12.1 Å². The first-order chi connectivity index (χ1) is 8.74. The van der Waals surface area contributed by atoms with Gasteiger partial charge < -0.3 is 10.2 Å². The molecule has 0 amide bonds. The topological polar surface area (TPSA) is 39.1 Å². The molecular weight excluding hydrogens is 246 g/mol. The van der Waals surface area contributed by atoms with E-state index in [1.54, 1.807) is 6.07 Å². The summed E-state index contributed by atoms with van der Waals surface area (Å²) in [5, 5.41) is 13.1. The van der Waals surface area contributed by atoms with Crippen molar-refractivity contribution in [3.63, 3.8) is 0 Å². The van der Waals surface area contributed by atoms with Crippen LogP contribution in [0.3, 0.4) is 0 Å². The molecule has 0 aromatic heterocycles. The molecule has 0 unspecified atom stereocenters. The Labute approximate surface area is 113 Å². The minimum atomic E-state index is 0.443. The van der Waals surface area contributed by atoms with Gasteiger partial charge in [-0.2, -0.15) is 5.26 Å². The molecule has 1 aromatic rings. The Bertz CT molecular complexity index is 445.